The van der Waals surface area contributed by atoms with Gasteiger partial charge in [0.2, 0.25) is 11.9 Å². The van der Waals surface area contributed by atoms with Crippen molar-refractivity contribution < 1.29 is 4.79 Å². The Balaban J connectivity index is 2.83. The highest BCUT2D eigenvalue weighted by atomic mass is 16.1. The molecule has 1 aromatic heterocycles. The normalized spacial score (nSPS) is 9.77. The molecular weight excluding hydrogens is 168 g/mol. The van der Waals surface area contributed by atoms with Gasteiger partial charge in [-0.15, -0.1) is 0 Å². The molecule has 0 saturated carbocycles. The van der Waals surface area contributed by atoms with Crippen LogP contribution in [0.1, 0.15) is 11.4 Å². The maximum absolute atomic E-state index is 10.9. The molecule has 5 heteroatoms. The van der Waals surface area contributed by atoms with Gasteiger partial charge in [-0.3, -0.25) is 10.1 Å². The van der Waals surface area contributed by atoms with E-state index in [4.69, 9.17) is 5.73 Å². The summed E-state index contributed by atoms with van der Waals surface area (Å²) in [5, 5.41) is 2.49. The molecule has 0 radical (unpaired) electrons. The highest BCUT2D eigenvalue weighted by Crippen LogP contribution is 2.02. The van der Waals surface area contributed by atoms with Crippen LogP contribution in [-0.4, -0.2) is 22.4 Å². The molecule has 70 valence electrons. The minimum atomic E-state index is -0.287. The average Bonchev–Trinajstić information content (AvgIpc) is 2.02. The second-order valence-electron chi connectivity index (χ2n) is 2.73. The number of aromatic nitrogens is 2. The number of hydrogen-bond donors (Lipinski definition) is 2. The second kappa shape index (κ2) is 3.95. The lowest BCUT2D eigenvalue weighted by Crippen LogP contribution is -2.23. The fourth-order valence-corrected chi connectivity index (χ4v) is 0.958. The lowest BCUT2D eigenvalue weighted by atomic mass is 10.4. The van der Waals surface area contributed by atoms with E-state index in [2.05, 4.69) is 15.3 Å². The van der Waals surface area contributed by atoms with Gasteiger partial charge in [-0.1, -0.05) is 0 Å². The Morgan fingerprint density at radius 1 is 1.46 bits per heavy atom. The summed E-state index contributed by atoms with van der Waals surface area (Å²) in [5.74, 6) is 0.0259. The lowest BCUT2D eigenvalue weighted by Gasteiger charge is -2.03. The number of hydrogen-bond acceptors (Lipinski definition) is 4. The van der Waals surface area contributed by atoms with Gasteiger partial charge >= 0.3 is 0 Å². The number of aryl methyl sites for hydroxylation is 2. The predicted octanol–water partition coefficient (Wildman–Crippen LogP) is -0.00936. The van der Waals surface area contributed by atoms with Crippen molar-refractivity contribution in [2.45, 2.75) is 13.8 Å². The lowest BCUT2D eigenvalue weighted by molar-refractivity contribution is -0.114. The summed E-state index contributed by atoms with van der Waals surface area (Å²) in [6.07, 6.45) is 0. The number of anilines is 1. The zero-order valence-electron chi connectivity index (χ0n) is 7.66. The number of carbonyl (C=O) groups is 1. The largest absolute Gasteiger partial charge is 0.322 e. The molecule has 0 aliphatic heterocycles. The molecule has 3 N–H and O–H groups in total. The van der Waals surface area contributed by atoms with Gasteiger partial charge in [0.15, 0.2) is 0 Å². The Morgan fingerprint density at radius 3 is 2.46 bits per heavy atom. The first-order chi connectivity index (χ1) is 6.11. The van der Waals surface area contributed by atoms with E-state index in [1.54, 1.807) is 0 Å². The van der Waals surface area contributed by atoms with Crippen LogP contribution in [-0.2, 0) is 4.79 Å². The topological polar surface area (TPSA) is 80.9 Å². The first-order valence-corrected chi connectivity index (χ1v) is 3.94. The minimum absolute atomic E-state index is 0.0592. The highest BCUT2D eigenvalue weighted by Gasteiger charge is 2.02. The first kappa shape index (κ1) is 9.60. The molecule has 1 amide bonds. The molecule has 0 aromatic carbocycles. The fourth-order valence-electron chi connectivity index (χ4n) is 0.958. The quantitative estimate of drug-likeness (QED) is 0.670. The Hall–Kier alpha value is -1.49. The monoisotopic (exact) mass is 180 g/mol. The summed E-state index contributed by atoms with van der Waals surface area (Å²) in [5.41, 5.74) is 6.77. The van der Waals surface area contributed by atoms with Crippen molar-refractivity contribution in [1.29, 1.82) is 0 Å². The molecule has 0 fully saturated rings. The maximum atomic E-state index is 10.9. The Bertz CT molecular complexity index is 304. The number of carbonyl (C=O) groups excluding carboxylic acids is 1. The predicted molar refractivity (Wildman–Crippen MR) is 49.2 cm³/mol. The van der Waals surface area contributed by atoms with E-state index in [9.17, 15) is 4.79 Å². The third-order valence-corrected chi connectivity index (χ3v) is 1.42. The van der Waals surface area contributed by atoms with Crippen LogP contribution >= 0.6 is 0 Å². The zero-order chi connectivity index (χ0) is 9.84. The second-order valence-corrected chi connectivity index (χ2v) is 2.73. The van der Waals surface area contributed by atoms with Crippen LogP contribution in [0.2, 0.25) is 0 Å². The molecule has 0 atom stereocenters. The SMILES string of the molecule is Cc1cc(C)nc(NC(=O)CN)n1. The van der Waals surface area contributed by atoms with Crippen LogP contribution in [0.15, 0.2) is 6.07 Å². The van der Waals surface area contributed by atoms with Crippen LogP contribution in [0.3, 0.4) is 0 Å². The third kappa shape index (κ3) is 2.79. The molecule has 1 aromatic rings. The van der Waals surface area contributed by atoms with E-state index in [0.717, 1.165) is 11.4 Å². The van der Waals surface area contributed by atoms with Crippen molar-refractivity contribution in [3.05, 3.63) is 17.5 Å². The van der Waals surface area contributed by atoms with E-state index < -0.39 is 0 Å². The Labute approximate surface area is 76.4 Å². The highest BCUT2D eigenvalue weighted by molar-refractivity contribution is 5.90. The molecule has 13 heavy (non-hydrogen) atoms. The molecular formula is C8H12N4O. The molecule has 0 bridgehead atoms. The summed E-state index contributed by atoms with van der Waals surface area (Å²) < 4.78 is 0. The third-order valence-electron chi connectivity index (χ3n) is 1.42. The van der Waals surface area contributed by atoms with Crippen molar-refractivity contribution in [2.24, 2.45) is 5.73 Å². The van der Waals surface area contributed by atoms with Crippen LogP contribution < -0.4 is 11.1 Å². The van der Waals surface area contributed by atoms with Crippen molar-refractivity contribution in [3.63, 3.8) is 0 Å². The average molecular weight is 180 g/mol. The van der Waals surface area contributed by atoms with Crippen molar-refractivity contribution in [2.75, 3.05) is 11.9 Å². The van der Waals surface area contributed by atoms with E-state index in [1.807, 2.05) is 19.9 Å². The van der Waals surface area contributed by atoms with Crippen LogP contribution in [0.25, 0.3) is 0 Å². The first-order valence-electron chi connectivity index (χ1n) is 3.94. The van der Waals surface area contributed by atoms with Crippen LogP contribution in [0.4, 0.5) is 5.95 Å². The summed E-state index contributed by atoms with van der Waals surface area (Å²) in [4.78, 5) is 18.9. The molecule has 0 unspecified atom stereocenters. The van der Waals surface area contributed by atoms with Gasteiger partial charge < -0.3 is 5.73 Å². The molecule has 0 aliphatic carbocycles. The standard InChI is InChI=1S/C8H12N4O/c1-5-3-6(2)11-8(10-5)12-7(13)4-9/h3H,4,9H2,1-2H3,(H,10,11,12,13). The van der Waals surface area contributed by atoms with Gasteiger partial charge in [0.1, 0.15) is 0 Å². The van der Waals surface area contributed by atoms with Crippen molar-refractivity contribution in [3.8, 4) is 0 Å². The number of rotatable bonds is 2. The molecule has 0 aliphatic rings. The summed E-state index contributed by atoms with van der Waals surface area (Å²) in [7, 11) is 0. The van der Waals surface area contributed by atoms with Gasteiger partial charge in [-0.2, -0.15) is 0 Å². The number of nitrogens with two attached hydrogens (primary N) is 1. The van der Waals surface area contributed by atoms with Gasteiger partial charge in [-0.25, -0.2) is 9.97 Å². The van der Waals surface area contributed by atoms with Crippen LogP contribution in [0, 0.1) is 13.8 Å². The molecule has 1 rings (SSSR count). The molecule has 1 heterocycles. The van der Waals surface area contributed by atoms with Crippen molar-refractivity contribution in [1.82, 2.24) is 9.97 Å². The summed E-state index contributed by atoms with van der Waals surface area (Å²) in [6.45, 7) is 3.62. The van der Waals surface area contributed by atoms with Gasteiger partial charge in [0.05, 0.1) is 6.54 Å². The number of nitrogens with one attached hydrogen (secondary N) is 1. The Morgan fingerprint density at radius 2 is 2.00 bits per heavy atom. The van der Waals surface area contributed by atoms with Gasteiger partial charge in [0.25, 0.3) is 0 Å². The Kier molecular flexibility index (Phi) is 2.92. The number of amides is 1. The zero-order valence-corrected chi connectivity index (χ0v) is 7.66. The minimum Gasteiger partial charge on any atom is -0.322 e. The maximum Gasteiger partial charge on any atom is 0.240 e. The van der Waals surface area contributed by atoms with Gasteiger partial charge in [0, 0.05) is 11.4 Å². The smallest absolute Gasteiger partial charge is 0.240 e. The summed E-state index contributed by atoms with van der Waals surface area (Å²) >= 11 is 0. The van der Waals surface area contributed by atoms with E-state index >= 15 is 0 Å². The van der Waals surface area contributed by atoms with E-state index in [0.29, 0.717) is 5.95 Å². The molecule has 5 nitrogen and oxygen atoms in total. The van der Waals surface area contributed by atoms with E-state index in [-0.39, 0.29) is 12.5 Å². The molecule has 0 saturated heterocycles. The number of nitrogens with zero attached hydrogens (tertiary/aromatic N) is 2. The fraction of sp³-hybridized carbons (Fsp3) is 0.375. The summed E-state index contributed by atoms with van der Waals surface area (Å²) in [6, 6.07) is 1.83. The van der Waals surface area contributed by atoms with Crippen LogP contribution in [0.5, 0.6) is 0 Å². The molecule has 0 spiro atoms. The van der Waals surface area contributed by atoms with Crippen molar-refractivity contribution >= 4 is 11.9 Å². The van der Waals surface area contributed by atoms with E-state index in [1.165, 1.54) is 0 Å². The van der Waals surface area contributed by atoms with Gasteiger partial charge in [-0.05, 0) is 19.9 Å².